The lowest BCUT2D eigenvalue weighted by molar-refractivity contribution is 0.338. The molecule has 1 heterocycles. The highest BCUT2D eigenvalue weighted by Crippen LogP contribution is 2.29. The lowest BCUT2D eigenvalue weighted by atomic mass is 9.87. The van der Waals surface area contributed by atoms with Crippen LogP contribution in [0.25, 0.3) is 0 Å². The Kier molecular flexibility index (Phi) is 4.86. The summed E-state index contributed by atoms with van der Waals surface area (Å²) in [6.07, 6.45) is 8.75. The first kappa shape index (κ1) is 15.5. The monoisotopic (exact) mass is 278 g/mol. The van der Waals surface area contributed by atoms with E-state index in [1.165, 1.54) is 43.4 Å². The molecule has 1 unspecified atom stereocenters. The van der Waals surface area contributed by atoms with E-state index in [1.54, 1.807) is 0 Å². The van der Waals surface area contributed by atoms with E-state index in [0.29, 0.717) is 12.6 Å². The molecule has 4 heteroatoms. The van der Waals surface area contributed by atoms with Crippen LogP contribution in [-0.2, 0) is 12.5 Å². The van der Waals surface area contributed by atoms with Crippen molar-refractivity contribution >= 4 is 0 Å². The van der Waals surface area contributed by atoms with Crippen molar-refractivity contribution in [1.82, 2.24) is 15.1 Å². The fourth-order valence-corrected chi connectivity index (χ4v) is 3.18. The molecule has 0 amide bonds. The quantitative estimate of drug-likeness (QED) is 0.890. The van der Waals surface area contributed by atoms with Crippen molar-refractivity contribution in [3.63, 3.8) is 0 Å². The molecular formula is C16H30N4. The molecule has 1 aliphatic carbocycles. The Morgan fingerprint density at radius 2 is 2.00 bits per heavy atom. The van der Waals surface area contributed by atoms with Crippen LogP contribution in [0.5, 0.6) is 0 Å². The molecule has 0 aromatic carbocycles. The lowest BCUT2D eigenvalue weighted by Crippen LogP contribution is -2.38. The molecule has 1 fully saturated rings. The van der Waals surface area contributed by atoms with Crippen LogP contribution in [0.3, 0.4) is 0 Å². The van der Waals surface area contributed by atoms with Crippen LogP contribution >= 0.6 is 0 Å². The van der Waals surface area contributed by atoms with Crippen molar-refractivity contribution in [3.05, 3.63) is 17.5 Å². The first-order valence-electron chi connectivity index (χ1n) is 7.92. The minimum atomic E-state index is 0.0538. The number of rotatable bonds is 4. The smallest absolute Gasteiger partial charge is 0.0726 e. The highest BCUT2D eigenvalue weighted by molar-refractivity contribution is 5.28. The summed E-state index contributed by atoms with van der Waals surface area (Å²) in [5.74, 6) is 0. The molecule has 0 saturated heterocycles. The number of hydrogen-bond acceptors (Lipinski definition) is 3. The molecule has 1 saturated carbocycles. The van der Waals surface area contributed by atoms with Gasteiger partial charge in [-0.1, -0.05) is 40.0 Å². The molecular weight excluding hydrogens is 248 g/mol. The second-order valence-electron chi connectivity index (χ2n) is 7.15. The summed E-state index contributed by atoms with van der Waals surface area (Å²) in [7, 11) is 1.99. The molecule has 0 radical (unpaired) electrons. The van der Waals surface area contributed by atoms with Crippen molar-refractivity contribution in [1.29, 1.82) is 0 Å². The Morgan fingerprint density at radius 3 is 2.55 bits per heavy atom. The van der Waals surface area contributed by atoms with Gasteiger partial charge in [0, 0.05) is 42.9 Å². The van der Waals surface area contributed by atoms with Crippen LogP contribution < -0.4 is 11.1 Å². The molecule has 1 aromatic heterocycles. The maximum atomic E-state index is 6.04. The Balaban J connectivity index is 2.18. The van der Waals surface area contributed by atoms with Gasteiger partial charge in [0.25, 0.3) is 0 Å². The predicted octanol–water partition coefficient (Wildman–Crippen LogP) is 2.64. The first-order valence-corrected chi connectivity index (χ1v) is 7.92. The van der Waals surface area contributed by atoms with E-state index in [2.05, 4.69) is 37.4 Å². The van der Waals surface area contributed by atoms with Gasteiger partial charge in [0.15, 0.2) is 0 Å². The normalized spacial score (nSPS) is 19.2. The first-order chi connectivity index (χ1) is 9.41. The molecule has 114 valence electrons. The zero-order valence-corrected chi connectivity index (χ0v) is 13.4. The van der Waals surface area contributed by atoms with E-state index in [9.17, 15) is 0 Å². The number of aryl methyl sites for hydroxylation is 1. The third kappa shape index (κ3) is 3.61. The standard InChI is InChI=1S/C16H30N4/c1-16(2,3)15-13(11-20(4)19-15)14(10-17)18-12-8-6-5-7-9-12/h11-12,14,18H,5-10,17H2,1-4H3. The van der Waals surface area contributed by atoms with Crippen molar-refractivity contribution in [2.45, 2.75) is 70.4 Å². The molecule has 2 rings (SSSR count). The number of nitrogens with zero attached hydrogens (tertiary/aromatic N) is 2. The van der Waals surface area contributed by atoms with Crippen molar-refractivity contribution in [2.75, 3.05) is 6.54 Å². The summed E-state index contributed by atoms with van der Waals surface area (Å²) >= 11 is 0. The van der Waals surface area contributed by atoms with Crippen LogP contribution in [-0.4, -0.2) is 22.4 Å². The van der Waals surface area contributed by atoms with Crippen LogP contribution in [0.1, 0.15) is 70.2 Å². The van der Waals surface area contributed by atoms with E-state index in [-0.39, 0.29) is 11.5 Å². The third-order valence-electron chi connectivity index (χ3n) is 4.22. The van der Waals surface area contributed by atoms with Crippen LogP contribution in [0.2, 0.25) is 0 Å². The zero-order valence-electron chi connectivity index (χ0n) is 13.4. The molecule has 0 aliphatic heterocycles. The molecule has 1 aliphatic rings. The lowest BCUT2D eigenvalue weighted by Gasteiger charge is -2.29. The van der Waals surface area contributed by atoms with Crippen molar-refractivity contribution in [3.8, 4) is 0 Å². The van der Waals surface area contributed by atoms with Gasteiger partial charge in [-0.3, -0.25) is 4.68 Å². The van der Waals surface area contributed by atoms with Gasteiger partial charge in [0.2, 0.25) is 0 Å². The Bertz CT molecular complexity index is 424. The average molecular weight is 278 g/mol. The molecule has 3 N–H and O–H groups in total. The van der Waals surface area contributed by atoms with Crippen LogP contribution in [0.4, 0.5) is 0 Å². The van der Waals surface area contributed by atoms with E-state index in [4.69, 9.17) is 5.73 Å². The Hall–Kier alpha value is -0.870. The molecule has 0 bridgehead atoms. The van der Waals surface area contributed by atoms with Gasteiger partial charge in [0.1, 0.15) is 0 Å². The predicted molar refractivity (Wildman–Crippen MR) is 83.7 cm³/mol. The molecule has 0 spiro atoms. The summed E-state index contributed by atoms with van der Waals surface area (Å²) in [5, 5.41) is 8.43. The van der Waals surface area contributed by atoms with Gasteiger partial charge in [-0.2, -0.15) is 5.10 Å². The van der Waals surface area contributed by atoms with Crippen LogP contribution in [0.15, 0.2) is 6.20 Å². The number of hydrogen-bond donors (Lipinski definition) is 2. The second-order valence-corrected chi connectivity index (χ2v) is 7.15. The van der Waals surface area contributed by atoms with Crippen molar-refractivity contribution in [2.24, 2.45) is 12.8 Å². The third-order valence-corrected chi connectivity index (χ3v) is 4.22. The minimum absolute atomic E-state index is 0.0538. The summed E-state index contributed by atoms with van der Waals surface area (Å²) in [6, 6.07) is 0.839. The van der Waals surface area contributed by atoms with E-state index in [0.717, 1.165) is 0 Å². The summed E-state index contributed by atoms with van der Waals surface area (Å²) in [6.45, 7) is 7.28. The Morgan fingerprint density at radius 1 is 1.35 bits per heavy atom. The highest BCUT2D eigenvalue weighted by atomic mass is 15.3. The van der Waals surface area contributed by atoms with Gasteiger partial charge < -0.3 is 11.1 Å². The summed E-state index contributed by atoms with van der Waals surface area (Å²) in [5.41, 5.74) is 8.53. The second kappa shape index (κ2) is 6.27. The maximum Gasteiger partial charge on any atom is 0.0726 e. The number of aromatic nitrogens is 2. The zero-order chi connectivity index (χ0) is 14.8. The fourth-order valence-electron chi connectivity index (χ4n) is 3.18. The number of nitrogens with one attached hydrogen (secondary N) is 1. The van der Waals surface area contributed by atoms with Gasteiger partial charge in [-0.05, 0) is 12.8 Å². The minimum Gasteiger partial charge on any atom is -0.329 e. The Labute approximate surface area is 123 Å². The molecule has 4 nitrogen and oxygen atoms in total. The van der Waals surface area contributed by atoms with Crippen molar-refractivity contribution < 1.29 is 0 Å². The summed E-state index contributed by atoms with van der Waals surface area (Å²) < 4.78 is 1.92. The summed E-state index contributed by atoms with van der Waals surface area (Å²) in [4.78, 5) is 0. The van der Waals surface area contributed by atoms with E-state index < -0.39 is 0 Å². The highest BCUT2D eigenvalue weighted by Gasteiger charge is 2.27. The number of nitrogens with two attached hydrogens (primary N) is 1. The van der Waals surface area contributed by atoms with E-state index >= 15 is 0 Å². The SMILES string of the molecule is Cn1cc(C(CN)NC2CCCCC2)c(C(C)(C)C)n1. The average Bonchev–Trinajstić information content (AvgIpc) is 2.79. The van der Waals surface area contributed by atoms with E-state index in [1.807, 2.05) is 11.7 Å². The molecule has 1 atom stereocenters. The van der Waals surface area contributed by atoms with Gasteiger partial charge in [0.05, 0.1) is 5.69 Å². The van der Waals surface area contributed by atoms with Crippen LogP contribution in [0, 0.1) is 0 Å². The molecule has 1 aromatic rings. The van der Waals surface area contributed by atoms with Gasteiger partial charge >= 0.3 is 0 Å². The van der Waals surface area contributed by atoms with Gasteiger partial charge in [-0.25, -0.2) is 0 Å². The van der Waals surface area contributed by atoms with Gasteiger partial charge in [-0.15, -0.1) is 0 Å². The largest absolute Gasteiger partial charge is 0.329 e. The fraction of sp³-hybridized carbons (Fsp3) is 0.812. The topological polar surface area (TPSA) is 55.9 Å². The molecule has 20 heavy (non-hydrogen) atoms. The maximum absolute atomic E-state index is 6.04.